The molecule has 0 aliphatic heterocycles. The first-order chi connectivity index (χ1) is 12.7. The first kappa shape index (κ1) is 18.4. The first-order valence-corrected chi connectivity index (χ1v) is 7.42. The second kappa shape index (κ2) is 7.06. The van der Waals surface area contributed by atoms with Gasteiger partial charge in [-0.2, -0.15) is 0 Å². The Hall–Kier alpha value is -3.43. The van der Waals surface area contributed by atoms with Gasteiger partial charge in [0.25, 0.3) is 0 Å². The van der Waals surface area contributed by atoms with Crippen molar-refractivity contribution in [3.05, 3.63) is 65.7 Å². The molecule has 27 heavy (non-hydrogen) atoms. The molecular weight excluding hydrogens is 371 g/mol. The number of nitrogens with two attached hydrogens (primary N) is 1. The number of alkyl halides is 3. The molecule has 0 amide bonds. The van der Waals surface area contributed by atoms with E-state index in [0.717, 1.165) is 24.3 Å². The molecule has 3 rings (SSSR count). The third-order valence-corrected chi connectivity index (χ3v) is 3.37. The predicted octanol–water partition coefficient (Wildman–Crippen LogP) is 4.20. The van der Waals surface area contributed by atoms with Crippen molar-refractivity contribution in [1.29, 1.82) is 0 Å². The number of hydrogen-bond acceptors (Lipinski definition) is 4. The Morgan fingerprint density at radius 3 is 2.22 bits per heavy atom. The number of anilines is 1. The average molecular weight is 382 g/mol. The lowest BCUT2D eigenvalue weighted by Gasteiger charge is -2.09. The minimum absolute atomic E-state index is 0.225. The summed E-state index contributed by atoms with van der Waals surface area (Å²) in [4.78, 5) is 3.99. The van der Waals surface area contributed by atoms with Gasteiger partial charge in [-0.1, -0.05) is 6.08 Å². The summed E-state index contributed by atoms with van der Waals surface area (Å²) in [5.41, 5.74) is 5.31. The number of nitrogens with zero attached hydrogens (tertiary/aromatic N) is 3. The second-order valence-electron chi connectivity index (χ2n) is 5.32. The molecular formula is C17H11F5N4O. The lowest BCUT2D eigenvalue weighted by molar-refractivity contribution is -0.274. The van der Waals surface area contributed by atoms with Crippen LogP contribution in [0.2, 0.25) is 0 Å². The number of rotatable bonds is 4. The quantitative estimate of drug-likeness (QED) is 0.543. The van der Waals surface area contributed by atoms with Crippen molar-refractivity contribution in [2.45, 2.75) is 6.36 Å². The Morgan fingerprint density at radius 1 is 1.00 bits per heavy atom. The van der Waals surface area contributed by atoms with Crippen LogP contribution >= 0.6 is 0 Å². The van der Waals surface area contributed by atoms with Gasteiger partial charge in [0, 0.05) is 0 Å². The highest BCUT2D eigenvalue weighted by molar-refractivity contribution is 5.67. The minimum Gasteiger partial charge on any atom is -0.406 e. The van der Waals surface area contributed by atoms with Gasteiger partial charge >= 0.3 is 6.36 Å². The molecule has 10 heteroatoms. The fourth-order valence-electron chi connectivity index (χ4n) is 2.15. The highest BCUT2D eigenvalue weighted by Gasteiger charge is 2.30. The summed E-state index contributed by atoms with van der Waals surface area (Å²) in [5.74, 6) is -1.90. The third kappa shape index (κ3) is 4.60. The van der Waals surface area contributed by atoms with Gasteiger partial charge in [-0.3, -0.25) is 0 Å². The summed E-state index contributed by atoms with van der Waals surface area (Å²) in [6, 6.07) is 7.14. The summed E-state index contributed by atoms with van der Waals surface area (Å²) in [7, 11) is 0. The molecule has 0 saturated heterocycles. The average Bonchev–Trinajstić information content (AvgIpc) is 3.06. The highest BCUT2D eigenvalue weighted by atomic mass is 19.4. The van der Waals surface area contributed by atoms with E-state index in [-0.39, 0.29) is 17.1 Å². The van der Waals surface area contributed by atoms with Crippen LogP contribution in [0.25, 0.3) is 17.8 Å². The van der Waals surface area contributed by atoms with Crippen LogP contribution in [0.15, 0.2) is 42.7 Å². The summed E-state index contributed by atoms with van der Waals surface area (Å²) >= 11 is 0. The minimum atomic E-state index is -4.77. The molecule has 1 heterocycles. The molecule has 1 aromatic heterocycles. The molecule has 3 aromatic rings. The summed E-state index contributed by atoms with van der Waals surface area (Å²) < 4.78 is 68.4. The van der Waals surface area contributed by atoms with E-state index in [1.807, 2.05) is 0 Å². The number of aromatic nitrogens is 3. The van der Waals surface area contributed by atoms with Crippen molar-refractivity contribution in [2.24, 2.45) is 0 Å². The highest BCUT2D eigenvalue weighted by Crippen LogP contribution is 2.23. The van der Waals surface area contributed by atoms with Crippen molar-refractivity contribution in [3.8, 4) is 11.4 Å². The Balaban J connectivity index is 1.75. The van der Waals surface area contributed by atoms with E-state index in [0.29, 0.717) is 5.69 Å². The van der Waals surface area contributed by atoms with E-state index < -0.39 is 23.7 Å². The molecule has 140 valence electrons. The van der Waals surface area contributed by atoms with E-state index >= 15 is 0 Å². The summed E-state index contributed by atoms with van der Waals surface area (Å²) in [5, 5.41) is 4.11. The zero-order chi connectivity index (χ0) is 19.6. The van der Waals surface area contributed by atoms with E-state index in [9.17, 15) is 22.0 Å². The van der Waals surface area contributed by atoms with Crippen LogP contribution in [0.1, 0.15) is 11.4 Å². The molecule has 0 saturated carbocycles. The van der Waals surface area contributed by atoms with Crippen molar-refractivity contribution in [3.63, 3.8) is 0 Å². The Bertz CT molecular complexity index is 957. The lowest BCUT2D eigenvalue weighted by atomic mass is 10.1. The molecule has 5 nitrogen and oxygen atoms in total. The molecule has 0 radical (unpaired) electrons. The standard InChI is InChI=1S/C17H11F5N4O/c18-13-7-10(8-14(19)16(13)23)1-6-15-24-9-26(25-15)11-2-4-12(5-3-11)27-17(20,21)22/h1-9H,23H2/b6-1+. The first-order valence-electron chi connectivity index (χ1n) is 7.42. The zero-order valence-corrected chi connectivity index (χ0v) is 13.4. The molecule has 2 N–H and O–H groups in total. The molecule has 0 bridgehead atoms. The van der Waals surface area contributed by atoms with Gasteiger partial charge in [0.2, 0.25) is 0 Å². The van der Waals surface area contributed by atoms with Crippen LogP contribution in [0.3, 0.4) is 0 Å². The maximum Gasteiger partial charge on any atom is 0.573 e. The van der Waals surface area contributed by atoms with Gasteiger partial charge in [-0.15, -0.1) is 18.3 Å². The van der Waals surface area contributed by atoms with Gasteiger partial charge in [-0.25, -0.2) is 18.4 Å². The van der Waals surface area contributed by atoms with Gasteiger partial charge in [0.05, 0.1) is 5.69 Å². The molecule has 0 unspecified atom stereocenters. The van der Waals surface area contributed by atoms with E-state index in [4.69, 9.17) is 5.73 Å². The second-order valence-corrected chi connectivity index (χ2v) is 5.32. The van der Waals surface area contributed by atoms with Gasteiger partial charge in [0.1, 0.15) is 29.4 Å². The van der Waals surface area contributed by atoms with Crippen LogP contribution < -0.4 is 10.5 Å². The Morgan fingerprint density at radius 2 is 1.63 bits per heavy atom. The summed E-state index contributed by atoms with van der Waals surface area (Å²) in [6.45, 7) is 0. The van der Waals surface area contributed by atoms with Crippen LogP contribution in [0, 0.1) is 11.6 Å². The number of hydrogen-bond donors (Lipinski definition) is 1. The number of benzene rings is 2. The number of nitrogen functional groups attached to an aromatic ring is 1. The number of ether oxygens (including phenoxy) is 1. The molecule has 0 fully saturated rings. The normalized spacial score (nSPS) is 11.9. The van der Waals surface area contributed by atoms with Crippen LogP contribution in [-0.2, 0) is 0 Å². The molecule has 0 atom stereocenters. The van der Waals surface area contributed by atoms with E-state index in [1.54, 1.807) is 0 Å². The topological polar surface area (TPSA) is 66.0 Å². The Labute approximate surface area is 149 Å². The SMILES string of the molecule is Nc1c(F)cc(/C=C/c2ncn(-c3ccc(OC(F)(F)F)cc3)n2)cc1F. The van der Waals surface area contributed by atoms with Gasteiger partial charge in [0.15, 0.2) is 5.82 Å². The monoisotopic (exact) mass is 382 g/mol. The lowest BCUT2D eigenvalue weighted by Crippen LogP contribution is -2.17. The maximum atomic E-state index is 13.4. The van der Waals surface area contributed by atoms with Crippen molar-refractivity contribution in [2.75, 3.05) is 5.73 Å². The van der Waals surface area contributed by atoms with Crippen molar-refractivity contribution < 1.29 is 26.7 Å². The van der Waals surface area contributed by atoms with Crippen LogP contribution in [-0.4, -0.2) is 21.1 Å². The molecule has 0 aliphatic carbocycles. The van der Waals surface area contributed by atoms with Crippen molar-refractivity contribution >= 4 is 17.8 Å². The van der Waals surface area contributed by atoms with E-state index in [2.05, 4.69) is 14.8 Å². The maximum absolute atomic E-state index is 13.4. The summed E-state index contributed by atoms with van der Waals surface area (Å²) in [6.07, 6.45) is -0.620. The smallest absolute Gasteiger partial charge is 0.406 e. The third-order valence-electron chi connectivity index (χ3n) is 3.37. The van der Waals surface area contributed by atoms with E-state index in [1.165, 1.54) is 35.3 Å². The van der Waals surface area contributed by atoms with Crippen LogP contribution in [0.5, 0.6) is 5.75 Å². The van der Waals surface area contributed by atoms with Crippen molar-refractivity contribution in [1.82, 2.24) is 14.8 Å². The molecule has 0 aliphatic rings. The molecule has 2 aromatic carbocycles. The molecule has 0 spiro atoms. The van der Waals surface area contributed by atoms with Gasteiger partial charge < -0.3 is 10.5 Å². The predicted molar refractivity (Wildman–Crippen MR) is 87.7 cm³/mol. The fraction of sp³-hybridized carbons (Fsp3) is 0.0588. The van der Waals surface area contributed by atoms with Crippen LogP contribution in [0.4, 0.5) is 27.6 Å². The fourth-order valence-corrected chi connectivity index (χ4v) is 2.15. The van der Waals surface area contributed by atoms with Gasteiger partial charge in [-0.05, 0) is 48.0 Å². The number of halogens is 5. The largest absolute Gasteiger partial charge is 0.573 e. The zero-order valence-electron chi connectivity index (χ0n) is 13.4. The Kier molecular flexibility index (Phi) is 4.80.